The van der Waals surface area contributed by atoms with Crippen molar-refractivity contribution >= 4 is 32.0 Å². The zero-order chi connectivity index (χ0) is 17.9. The van der Waals surface area contributed by atoms with E-state index in [-0.39, 0.29) is 16.4 Å². The monoisotopic (exact) mass is 356 g/mol. The second-order valence-electron chi connectivity index (χ2n) is 5.39. The third kappa shape index (κ3) is 3.67. The highest BCUT2D eigenvalue weighted by Crippen LogP contribution is 2.35. The van der Waals surface area contributed by atoms with Crippen molar-refractivity contribution in [3.63, 3.8) is 0 Å². The Bertz CT molecular complexity index is 1030. The molecule has 0 bridgehead atoms. The molecule has 0 aliphatic carbocycles. The molecule has 128 valence electrons. The molecule has 7 heteroatoms. The predicted octanol–water partition coefficient (Wildman–Crippen LogP) is 3.73. The van der Waals surface area contributed by atoms with Crippen molar-refractivity contribution < 1.29 is 18.6 Å². The molecule has 0 aromatic heterocycles. The molecule has 0 fully saturated rings. The average Bonchev–Trinajstić information content (AvgIpc) is 2.62. The second-order valence-corrected chi connectivity index (χ2v) is 7.50. The topological polar surface area (TPSA) is 99.3 Å². The highest BCUT2D eigenvalue weighted by Gasteiger charge is 2.13. The van der Waals surface area contributed by atoms with Crippen LogP contribution in [0.1, 0.15) is 0 Å². The van der Waals surface area contributed by atoms with E-state index in [2.05, 4.69) is 10.2 Å². The van der Waals surface area contributed by atoms with Gasteiger partial charge in [0.05, 0.1) is 22.9 Å². The number of hydrogen-bond acceptors (Lipinski definition) is 6. The van der Waals surface area contributed by atoms with Gasteiger partial charge in [0.1, 0.15) is 5.69 Å². The Balaban J connectivity index is 1.86. The molecule has 0 unspecified atom stereocenters. The lowest BCUT2D eigenvalue weighted by Gasteiger charge is -2.04. The minimum absolute atomic E-state index is 0.0454. The third-order valence-corrected chi connectivity index (χ3v) is 5.42. The Morgan fingerprint density at radius 2 is 1.60 bits per heavy atom. The Morgan fingerprint density at radius 1 is 0.880 bits per heavy atom. The normalized spacial score (nSPS) is 12.0. The summed E-state index contributed by atoms with van der Waals surface area (Å²) >= 11 is 0. The van der Waals surface area contributed by atoms with Crippen LogP contribution >= 0.6 is 0 Å². The smallest absolute Gasteiger partial charge is 0.180 e. The summed E-state index contributed by atoms with van der Waals surface area (Å²) in [6, 6.07) is 16.8. The fraction of sp³-hybridized carbons (Fsp3) is 0.111. The molecule has 6 nitrogen and oxygen atoms in total. The van der Waals surface area contributed by atoms with Crippen molar-refractivity contribution in [2.45, 2.75) is 4.90 Å². The number of phenols is 1. The van der Waals surface area contributed by atoms with Crippen molar-refractivity contribution in [1.82, 2.24) is 0 Å². The number of azo groups is 1. The van der Waals surface area contributed by atoms with Crippen molar-refractivity contribution in [1.29, 1.82) is 0 Å². The molecule has 0 amide bonds. The average molecular weight is 356 g/mol. The van der Waals surface area contributed by atoms with Crippen LogP contribution in [-0.4, -0.2) is 31.0 Å². The summed E-state index contributed by atoms with van der Waals surface area (Å²) in [6.07, 6.45) is 0. The van der Waals surface area contributed by atoms with Gasteiger partial charge in [0.25, 0.3) is 0 Å². The van der Waals surface area contributed by atoms with Crippen molar-refractivity contribution in [3.8, 4) is 5.75 Å². The first-order chi connectivity index (χ1) is 12.0. The minimum Gasteiger partial charge on any atom is -0.505 e. The van der Waals surface area contributed by atoms with Crippen LogP contribution in [0.4, 0.5) is 11.4 Å². The second kappa shape index (κ2) is 7.00. The Kier molecular flexibility index (Phi) is 4.78. The third-order valence-electron chi connectivity index (χ3n) is 3.71. The molecule has 0 saturated heterocycles. The van der Waals surface area contributed by atoms with Gasteiger partial charge in [-0.2, -0.15) is 5.11 Å². The molecule has 0 aliphatic heterocycles. The van der Waals surface area contributed by atoms with Gasteiger partial charge < -0.3 is 10.2 Å². The van der Waals surface area contributed by atoms with Crippen LogP contribution in [0.2, 0.25) is 0 Å². The maximum atomic E-state index is 11.8. The molecular weight excluding hydrogens is 340 g/mol. The van der Waals surface area contributed by atoms with Crippen molar-refractivity contribution in [3.05, 3.63) is 60.7 Å². The molecule has 3 aromatic carbocycles. The number of aliphatic hydroxyl groups excluding tert-OH is 1. The van der Waals surface area contributed by atoms with E-state index in [0.29, 0.717) is 16.8 Å². The lowest BCUT2D eigenvalue weighted by molar-refractivity contribution is 0.319. The van der Waals surface area contributed by atoms with Crippen LogP contribution in [-0.2, 0) is 9.84 Å². The number of aromatic hydroxyl groups is 1. The van der Waals surface area contributed by atoms with E-state index in [9.17, 15) is 13.5 Å². The number of phenolic OH excluding ortho intramolecular Hbond substituents is 1. The van der Waals surface area contributed by atoms with E-state index >= 15 is 0 Å². The molecule has 2 N–H and O–H groups in total. The number of benzene rings is 3. The maximum absolute atomic E-state index is 11.8. The number of aliphatic hydroxyl groups is 1. The van der Waals surface area contributed by atoms with Gasteiger partial charge in [-0.1, -0.05) is 30.3 Å². The van der Waals surface area contributed by atoms with Gasteiger partial charge in [0, 0.05) is 5.39 Å². The van der Waals surface area contributed by atoms with Crippen LogP contribution in [0.25, 0.3) is 10.8 Å². The molecule has 0 heterocycles. The summed E-state index contributed by atoms with van der Waals surface area (Å²) in [5, 5.41) is 28.7. The number of hydrogen-bond donors (Lipinski definition) is 2. The van der Waals surface area contributed by atoms with E-state index in [1.54, 1.807) is 12.1 Å². The maximum Gasteiger partial charge on any atom is 0.180 e. The number of sulfone groups is 1. The molecular formula is C18H16N2O4S. The van der Waals surface area contributed by atoms with Gasteiger partial charge in [-0.15, -0.1) is 5.11 Å². The van der Waals surface area contributed by atoms with Crippen LogP contribution < -0.4 is 0 Å². The first kappa shape index (κ1) is 17.1. The number of nitrogens with zero attached hydrogens (tertiary/aromatic N) is 2. The summed E-state index contributed by atoms with van der Waals surface area (Å²) in [7, 11) is -3.49. The lowest BCUT2D eigenvalue weighted by atomic mass is 10.1. The first-order valence-electron chi connectivity index (χ1n) is 7.57. The minimum atomic E-state index is -3.49. The number of rotatable bonds is 5. The molecule has 3 rings (SSSR count). The van der Waals surface area contributed by atoms with Gasteiger partial charge in [-0.25, -0.2) is 8.42 Å². The van der Waals surface area contributed by atoms with Crippen molar-refractivity contribution in [2.75, 3.05) is 12.4 Å². The SMILES string of the molecule is O=S(=O)(CCO)c1ccc(N=Nc2ccc3ccccc3c2O)cc1. The zero-order valence-electron chi connectivity index (χ0n) is 13.2. The molecule has 0 spiro atoms. The van der Waals surface area contributed by atoms with Crippen LogP contribution in [0.5, 0.6) is 5.75 Å². The molecule has 25 heavy (non-hydrogen) atoms. The van der Waals surface area contributed by atoms with E-state index in [1.807, 2.05) is 24.3 Å². The summed E-state index contributed by atoms with van der Waals surface area (Å²) in [5.74, 6) is -0.275. The predicted molar refractivity (Wildman–Crippen MR) is 95.4 cm³/mol. The van der Waals surface area contributed by atoms with Gasteiger partial charge in [-0.3, -0.25) is 0 Å². The summed E-state index contributed by atoms with van der Waals surface area (Å²) in [6.45, 7) is -0.426. The molecule has 0 saturated carbocycles. The fourth-order valence-electron chi connectivity index (χ4n) is 2.39. The van der Waals surface area contributed by atoms with E-state index < -0.39 is 16.4 Å². The van der Waals surface area contributed by atoms with Gasteiger partial charge in [-0.05, 0) is 35.7 Å². The van der Waals surface area contributed by atoms with E-state index in [0.717, 1.165) is 5.39 Å². The van der Waals surface area contributed by atoms with E-state index in [4.69, 9.17) is 5.11 Å². The van der Waals surface area contributed by atoms with Crippen LogP contribution in [0.15, 0.2) is 75.8 Å². The largest absolute Gasteiger partial charge is 0.505 e. The molecule has 3 aromatic rings. The van der Waals surface area contributed by atoms with Gasteiger partial charge in [0.15, 0.2) is 15.6 Å². The Morgan fingerprint density at radius 3 is 2.32 bits per heavy atom. The number of fused-ring (bicyclic) bond motifs is 1. The van der Waals surface area contributed by atoms with Gasteiger partial charge >= 0.3 is 0 Å². The lowest BCUT2D eigenvalue weighted by Crippen LogP contribution is -2.09. The Labute approximate surface area is 145 Å². The quantitative estimate of drug-likeness (QED) is 0.680. The van der Waals surface area contributed by atoms with Gasteiger partial charge in [0.2, 0.25) is 0 Å². The summed E-state index contributed by atoms with van der Waals surface area (Å²) in [5.41, 5.74) is 0.784. The standard InChI is InChI=1S/C18H16N2O4S/c21-11-12-25(23,24)15-8-6-14(7-9-15)19-20-17-10-5-13-3-1-2-4-16(13)18(17)22/h1-10,21-22H,11-12H2. The fourth-order valence-corrected chi connectivity index (χ4v) is 3.42. The van der Waals surface area contributed by atoms with Crippen LogP contribution in [0.3, 0.4) is 0 Å². The Hall–Kier alpha value is -2.77. The van der Waals surface area contributed by atoms with Crippen molar-refractivity contribution in [2.24, 2.45) is 10.2 Å². The highest BCUT2D eigenvalue weighted by molar-refractivity contribution is 7.91. The molecule has 0 atom stereocenters. The van der Waals surface area contributed by atoms with E-state index in [1.165, 1.54) is 24.3 Å². The summed E-state index contributed by atoms with van der Waals surface area (Å²) in [4.78, 5) is 0.119. The summed E-state index contributed by atoms with van der Waals surface area (Å²) < 4.78 is 23.7. The first-order valence-corrected chi connectivity index (χ1v) is 9.22. The molecule has 0 radical (unpaired) electrons. The van der Waals surface area contributed by atoms with Crippen LogP contribution in [0, 0.1) is 0 Å². The zero-order valence-corrected chi connectivity index (χ0v) is 14.0. The molecule has 0 aliphatic rings. The highest BCUT2D eigenvalue weighted by atomic mass is 32.2.